The third-order valence-electron chi connectivity index (χ3n) is 2.36. The van der Waals surface area contributed by atoms with E-state index in [0.29, 0.717) is 11.3 Å². The highest BCUT2D eigenvalue weighted by molar-refractivity contribution is 8.00. The van der Waals surface area contributed by atoms with Crippen LogP contribution in [0.15, 0.2) is 22.4 Å². The van der Waals surface area contributed by atoms with Crippen LogP contribution in [-0.2, 0) is 5.75 Å². The molecule has 0 aliphatic rings. The predicted octanol–water partition coefficient (Wildman–Crippen LogP) is 4.58. The van der Waals surface area contributed by atoms with Crippen molar-refractivity contribution in [3.63, 3.8) is 0 Å². The summed E-state index contributed by atoms with van der Waals surface area (Å²) in [5.74, 6) is 0.223. The van der Waals surface area contributed by atoms with E-state index in [2.05, 4.69) is 10.3 Å². The van der Waals surface area contributed by atoms with E-state index in [1.54, 1.807) is 41.3 Å². The highest BCUT2D eigenvalue weighted by atomic mass is 35.5. The molecule has 2 rings (SSSR count). The summed E-state index contributed by atoms with van der Waals surface area (Å²) in [7, 11) is 1.84. The van der Waals surface area contributed by atoms with Crippen LogP contribution in [0, 0.1) is 12.7 Å². The van der Waals surface area contributed by atoms with Gasteiger partial charge in [-0.05, 0) is 18.6 Å². The van der Waals surface area contributed by atoms with Crippen molar-refractivity contribution in [3.05, 3.63) is 40.3 Å². The van der Waals surface area contributed by atoms with Crippen molar-refractivity contribution < 1.29 is 4.39 Å². The lowest BCUT2D eigenvalue weighted by Gasteiger charge is -2.03. The molecule has 18 heavy (non-hydrogen) atoms. The molecule has 6 heteroatoms. The summed E-state index contributed by atoms with van der Waals surface area (Å²) in [6.45, 7) is 1.95. The summed E-state index contributed by atoms with van der Waals surface area (Å²) in [6, 6.07) is 5.07. The Kier molecular flexibility index (Phi) is 4.48. The molecule has 0 saturated carbocycles. The van der Waals surface area contributed by atoms with Crippen molar-refractivity contribution in [1.29, 1.82) is 0 Å². The predicted molar refractivity (Wildman–Crippen MR) is 77.4 cm³/mol. The molecule has 0 fully saturated rings. The number of rotatable bonds is 4. The number of hydrogen-bond acceptors (Lipinski definition) is 4. The first kappa shape index (κ1) is 13.6. The van der Waals surface area contributed by atoms with E-state index in [-0.39, 0.29) is 10.8 Å². The molecule has 0 saturated heterocycles. The summed E-state index contributed by atoms with van der Waals surface area (Å²) < 4.78 is 14.8. The Hall–Kier alpha value is -0.780. The number of benzene rings is 1. The topological polar surface area (TPSA) is 24.9 Å². The number of halogens is 2. The Morgan fingerprint density at radius 3 is 2.94 bits per heavy atom. The maximum atomic E-state index is 13.7. The second-order valence-electron chi connectivity index (χ2n) is 3.64. The summed E-state index contributed by atoms with van der Waals surface area (Å²) in [5, 5.41) is 4.05. The summed E-state index contributed by atoms with van der Waals surface area (Å²) in [5.41, 5.74) is 1.59. The normalized spacial score (nSPS) is 10.7. The Balaban J connectivity index is 2.11. The van der Waals surface area contributed by atoms with Crippen LogP contribution in [0.3, 0.4) is 0 Å². The molecule has 0 amide bonds. The van der Waals surface area contributed by atoms with Gasteiger partial charge in [0.25, 0.3) is 0 Å². The first-order valence-corrected chi connectivity index (χ1v) is 7.50. The van der Waals surface area contributed by atoms with E-state index >= 15 is 0 Å². The van der Waals surface area contributed by atoms with Gasteiger partial charge in [-0.25, -0.2) is 9.37 Å². The zero-order valence-corrected chi connectivity index (χ0v) is 12.3. The molecule has 0 atom stereocenters. The number of anilines is 1. The molecular weight excluding hydrogens is 291 g/mol. The number of nitrogens with zero attached hydrogens (tertiary/aromatic N) is 1. The minimum Gasteiger partial charge on any atom is -0.365 e. The average Bonchev–Trinajstić information content (AvgIpc) is 2.72. The fourth-order valence-electron chi connectivity index (χ4n) is 1.43. The molecule has 1 heterocycles. The summed E-state index contributed by atoms with van der Waals surface area (Å²) in [6.07, 6.45) is 0. The van der Waals surface area contributed by atoms with Crippen molar-refractivity contribution in [2.75, 3.05) is 12.4 Å². The van der Waals surface area contributed by atoms with Crippen LogP contribution in [-0.4, -0.2) is 12.0 Å². The van der Waals surface area contributed by atoms with Crippen molar-refractivity contribution >= 4 is 39.8 Å². The first-order chi connectivity index (χ1) is 8.61. The Labute approximate surface area is 119 Å². The minimum atomic E-state index is -0.331. The molecule has 2 nitrogen and oxygen atoms in total. The Morgan fingerprint density at radius 2 is 2.28 bits per heavy atom. The standard InChI is InChI=1S/C12H12ClFN2S2/c1-7-11(18-12(15-2)16-7)17-6-8-4-3-5-9(13)10(8)14/h3-5H,6H2,1-2H3,(H,15,16). The SMILES string of the molecule is CNc1nc(C)c(SCc2cccc(Cl)c2F)s1. The zero-order valence-electron chi connectivity index (χ0n) is 9.96. The van der Waals surface area contributed by atoms with Crippen LogP contribution in [0.4, 0.5) is 9.52 Å². The molecule has 0 unspecified atom stereocenters. The number of nitrogens with one attached hydrogen (secondary N) is 1. The van der Waals surface area contributed by atoms with Crippen LogP contribution >= 0.6 is 34.7 Å². The maximum absolute atomic E-state index is 13.7. The van der Waals surface area contributed by atoms with Gasteiger partial charge in [0.1, 0.15) is 5.82 Å². The highest BCUT2D eigenvalue weighted by Crippen LogP contribution is 2.34. The molecule has 0 bridgehead atoms. The molecule has 0 aliphatic carbocycles. The number of hydrogen-bond donors (Lipinski definition) is 1. The van der Waals surface area contributed by atoms with Crippen molar-refractivity contribution in [1.82, 2.24) is 4.98 Å². The molecule has 1 aromatic carbocycles. The minimum absolute atomic E-state index is 0.171. The monoisotopic (exact) mass is 302 g/mol. The Bertz CT molecular complexity index is 557. The van der Waals surface area contributed by atoms with Crippen LogP contribution in [0.1, 0.15) is 11.3 Å². The van der Waals surface area contributed by atoms with Gasteiger partial charge >= 0.3 is 0 Å². The van der Waals surface area contributed by atoms with Crippen molar-refractivity contribution in [2.24, 2.45) is 0 Å². The number of thioether (sulfide) groups is 1. The average molecular weight is 303 g/mol. The second-order valence-corrected chi connectivity index (χ2v) is 6.29. The molecule has 0 aliphatic heterocycles. The van der Waals surface area contributed by atoms with Gasteiger partial charge in [0.05, 0.1) is 14.9 Å². The van der Waals surface area contributed by atoms with Gasteiger partial charge in [-0.1, -0.05) is 35.1 Å². The molecule has 1 aromatic heterocycles. The van der Waals surface area contributed by atoms with E-state index in [1.165, 1.54) is 0 Å². The molecule has 0 spiro atoms. The van der Waals surface area contributed by atoms with E-state index in [9.17, 15) is 4.39 Å². The van der Waals surface area contributed by atoms with Gasteiger partial charge < -0.3 is 5.32 Å². The third kappa shape index (κ3) is 2.96. The summed E-state index contributed by atoms with van der Waals surface area (Å²) in [4.78, 5) is 4.35. The van der Waals surface area contributed by atoms with Crippen LogP contribution in [0.25, 0.3) is 0 Å². The number of aryl methyl sites for hydroxylation is 1. The van der Waals surface area contributed by atoms with Crippen LogP contribution in [0.2, 0.25) is 5.02 Å². The Morgan fingerprint density at radius 1 is 1.50 bits per heavy atom. The lowest BCUT2D eigenvalue weighted by Crippen LogP contribution is -1.88. The number of aromatic nitrogens is 1. The highest BCUT2D eigenvalue weighted by Gasteiger charge is 2.10. The second kappa shape index (κ2) is 5.91. The van der Waals surface area contributed by atoms with Gasteiger partial charge in [-0.15, -0.1) is 11.8 Å². The molecule has 2 aromatic rings. The smallest absolute Gasteiger partial charge is 0.183 e. The molecular formula is C12H12ClFN2S2. The van der Waals surface area contributed by atoms with E-state index in [1.807, 2.05) is 14.0 Å². The van der Waals surface area contributed by atoms with Gasteiger partial charge in [0, 0.05) is 12.8 Å². The first-order valence-electron chi connectivity index (χ1n) is 5.32. The van der Waals surface area contributed by atoms with Crippen molar-refractivity contribution in [3.8, 4) is 0 Å². The molecule has 1 N–H and O–H groups in total. The summed E-state index contributed by atoms with van der Waals surface area (Å²) >= 11 is 8.90. The molecule has 96 valence electrons. The molecule has 0 radical (unpaired) electrons. The zero-order chi connectivity index (χ0) is 13.1. The maximum Gasteiger partial charge on any atom is 0.183 e. The van der Waals surface area contributed by atoms with Gasteiger partial charge in [-0.3, -0.25) is 0 Å². The third-order valence-corrected chi connectivity index (χ3v) is 5.24. The fourth-order valence-corrected chi connectivity index (χ4v) is 3.69. The number of thiazole rings is 1. The lowest BCUT2D eigenvalue weighted by atomic mass is 10.2. The quantitative estimate of drug-likeness (QED) is 0.837. The van der Waals surface area contributed by atoms with Crippen LogP contribution in [0.5, 0.6) is 0 Å². The van der Waals surface area contributed by atoms with Gasteiger partial charge in [-0.2, -0.15) is 0 Å². The van der Waals surface area contributed by atoms with Gasteiger partial charge in [0.15, 0.2) is 5.13 Å². The van der Waals surface area contributed by atoms with Crippen LogP contribution < -0.4 is 5.32 Å². The van der Waals surface area contributed by atoms with E-state index in [0.717, 1.165) is 15.0 Å². The fraction of sp³-hybridized carbons (Fsp3) is 0.250. The largest absolute Gasteiger partial charge is 0.365 e. The van der Waals surface area contributed by atoms with Crippen molar-refractivity contribution in [2.45, 2.75) is 16.9 Å². The van der Waals surface area contributed by atoms with Gasteiger partial charge in [0.2, 0.25) is 0 Å². The van der Waals surface area contributed by atoms with E-state index in [4.69, 9.17) is 11.6 Å². The lowest BCUT2D eigenvalue weighted by molar-refractivity contribution is 0.618. The van der Waals surface area contributed by atoms with E-state index < -0.39 is 0 Å².